The Morgan fingerprint density at radius 3 is 2.50 bits per heavy atom. The number of anilines is 1. The van der Waals surface area contributed by atoms with Crippen molar-refractivity contribution in [2.45, 2.75) is 12.5 Å². The van der Waals surface area contributed by atoms with Gasteiger partial charge in [-0.15, -0.1) is 0 Å². The first-order valence-corrected chi connectivity index (χ1v) is 9.28. The second-order valence-corrected chi connectivity index (χ2v) is 7.00. The first-order valence-electron chi connectivity index (χ1n) is 9.28. The smallest absolute Gasteiger partial charge is 0.253 e. The van der Waals surface area contributed by atoms with Crippen molar-refractivity contribution in [3.05, 3.63) is 48.0 Å². The Bertz CT molecular complexity index is 762. The Labute approximate surface area is 154 Å². The van der Waals surface area contributed by atoms with E-state index >= 15 is 0 Å². The van der Waals surface area contributed by atoms with Crippen LogP contribution in [0.25, 0.3) is 11.3 Å². The predicted octanol–water partition coefficient (Wildman–Crippen LogP) is 1.45. The van der Waals surface area contributed by atoms with Gasteiger partial charge in [0.2, 0.25) is 0 Å². The normalized spacial score (nSPS) is 21.1. The quantitative estimate of drug-likeness (QED) is 0.876. The SMILES string of the molecule is Nc1cccc(-c2ccc(C(=O)N3CCN([C@@H]4CCNC4)CC3)cc2)n1. The molecule has 4 rings (SSSR count). The third kappa shape index (κ3) is 3.57. The summed E-state index contributed by atoms with van der Waals surface area (Å²) in [5.74, 6) is 0.610. The summed E-state index contributed by atoms with van der Waals surface area (Å²) in [6.07, 6.45) is 1.22. The summed E-state index contributed by atoms with van der Waals surface area (Å²) >= 11 is 0. The van der Waals surface area contributed by atoms with Crippen molar-refractivity contribution < 1.29 is 4.79 Å². The molecule has 0 spiro atoms. The van der Waals surface area contributed by atoms with E-state index in [-0.39, 0.29) is 5.91 Å². The summed E-state index contributed by atoms with van der Waals surface area (Å²) in [5, 5.41) is 3.42. The minimum atomic E-state index is 0.112. The van der Waals surface area contributed by atoms with Crippen molar-refractivity contribution in [3.8, 4) is 11.3 Å². The molecule has 0 aliphatic carbocycles. The van der Waals surface area contributed by atoms with Crippen LogP contribution in [0.15, 0.2) is 42.5 Å². The third-order valence-electron chi connectivity index (χ3n) is 5.35. The van der Waals surface area contributed by atoms with Gasteiger partial charge in [0.15, 0.2) is 0 Å². The van der Waals surface area contributed by atoms with E-state index in [0.29, 0.717) is 11.9 Å². The van der Waals surface area contributed by atoms with Gasteiger partial charge in [-0.1, -0.05) is 18.2 Å². The van der Waals surface area contributed by atoms with Crippen LogP contribution in [0.2, 0.25) is 0 Å². The Hall–Kier alpha value is -2.44. The van der Waals surface area contributed by atoms with E-state index in [4.69, 9.17) is 5.73 Å². The van der Waals surface area contributed by atoms with Gasteiger partial charge < -0.3 is 16.0 Å². The number of nitrogens with one attached hydrogen (secondary N) is 1. The number of amides is 1. The molecule has 0 unspecified atom stereocenters. The summed E-state index contributed by atoms with van der Waals surface area (Å²) in [5.41, 5.74) is 8.27. The van der Waals surface area contributed by atoms with Crippen LogP contribution in [-0.2, 0) is 0 Å². The monoisotopic (exact) mass is 351 g/mol. The molecule has 0 saturated carbocycles. The number of nitrogen functional groups attached to an aromatic ring is 1. The van der Waals surface area contributed by atoms with E-state index < -0.39 is 0 Å². The highest BCUT2D eigenvalue weighted by atomic mass is 16.2. The van der Waals surface area contributed by atoms with Crippen LogP contribution >= 0.6 is 0 Å². The lowest BCUT2D eigenvalue weighted by molar-refractivity contribution is 0.0584. The summed E-state index contributed by atoms with van der Waals surface area (Å²) < 4.78 is 0. The van der Waals surface area contributed by atoms with Crippen LogP contribution in [-0.4, -0.2) is 66.0 Å². The maximum absolute atomic E-state index is 12.8. The summed E-state index contributed by atoms with van der Waals surface area (Å²) in [4.78, 5) is 21.6. The lowest BCUT2D eigenvalue weighted by Gasteiger charge is -2.37. The fraction of sp³-hybridized carbons (Fsp3) is 0.400. The Balaban J connectivity index is 1.39. The van der Waals surface area contributed by atoms with Gasteiger partial charge in [0.1, 0.15) is 5.82 Å². The lowest BCUT2D eigenvalue weighted by atomic mass is 10.1. The number of pyridine rings is 1. The maximum atomic E-state index is 12.8. The molecule has 26 heavy (non-hydrogen) atoms. The zero-order chi connectivity index (χ0) is 17.9. The zero-order valence-electron chi connectivity index (χ0n) is 14.9. The molecular formula is C20H25N5O. The van der Waals surface area contributed by atoms with E-state index in [2.05, 4.69) is 15.2 Å². The maximum Gasteiger partial charge on any atom is 0.253 e. The molecule has 3 N–H and O–H groups in total. The standard InChI is InChI=1S/C20H25N5O/c21-19-3-1-2-18(23-19)15-4-6-16(7-5-15)20(26)25-12-10-24(11-13-25)17-8-9-22-14-17/h1-7,17,22H,8-14H2,(H2,21,23)/t17-/m1/s1. The fourth-order valence-electron chi connectivity index (χ4n) is 3.82. The van der Waals surface area contributed by atoms with Crippen molar-refractivity contribution in [2.24, 2.45) is 0 Å². The number of benzene rings is 1. The highest BCUT2D eigenvalue weighted by Gasteiger charge is 2.28. The minimum Gasteiger partial charge on any atom is -0.384 e. The molecular weight excluding hydrogens is 326 g/mol. The summed E-state index contributed by atoms with van der Waals surface area (Å²) in [6.45, 7) is 5.71. The van der Waals surface area contributed by atoms with Gasteiger partial charge in [-0.05, 0) is 37.2 Å². The first kappa shape index (κ1) is 17.0. The van der Waals surface area contributed by atoms with Gasteiger partial charge in [-0.2, -0.15) is 0 Å². The molecule has 3 heterocycles. The van der Waals surface area contributed by atoms with E-state index in [1.54, 1.807) is 6.07 Å². The first-order chi connectivity index (χ1) is 12.7. The second kappa shape index (κ2) is 7.43. The van der Waals surface area contributed by atoms with Crippen LogP contribution in [0, 0.1) is 0 Å². The Kier molecular flexibility index (Phi) is 4.86. The molecule has 6 heteroatoms. The van der Waals surface area contributed by atoms with Crippen LogP contribution in [0.4, 0.5) is 5.82 Å². The number of nitrogens with zero attached hydrogens (tertiary/aromatic N) is 3. The van der Waals surface area contributed by atoms with Crippen molar-refractivity contribution in [1.29, 1.82) is 0 Å². The second-order valence-electron chi connectivity index (χ2n) is 7.00. The Morgan fingerprint density at radius 2 is 1.85 bits per heavy atom. The van der Waals surface area contributed by atoms with E-state index in [1.807, 2.05) is 41.3 Å². The van der Waals surface area contributed by atoms with Crippen molar-refractivity contribution in [3.63, 3.8) is 0 Å². The van der Waals surface area contributed by atoms with Crippen LogP contribution in [0.1, 0.15) is 16.8 Å². The van der Waals surface area contributed by atoms with Crippen molar-refractivity contribution in [1.82, 2.24) is 20.1 Å². The molecule has 136 valence electrons. The summed E-state index contributed by atoms with van der Waals surface area (Å²) in [7, 11) is 0. The molecule has 2 aliphatic rings. The molecule has 2 aromatic rings. The molecule has 6 nitrogen and oxygen atoms in total. The molecule has 1 atom stereocenters. The fourth-order valence-corrected chi connectivity index (χ4v) is 3.82. The zero-order valence-corrected chi connectivity index (χ0v) is 14.9. The largest absolute Gasteiger partial charge is 0.384 e. The van der Waals surface area contributed by atoms with Crippen molar-refractivity contribution >= 4 is 11.7 Å². The van der Waals surface area contributed by atoms with Crippen molar-refractivity contribution in [2.75, 3.05) is 45.0 Å². The van der Waals surface area contributed by atoms with E-state index in [1.165, 1.54) is 6.42 Å². The molecule has 2 fully saturated rings. The number of hydrogen-bond acceptors (Lipinski definition) is 5. The Morgan fingerprint density at radius 1 is 1.08 bits per heavy atom. The van der Waals surface area contributed by atoms with Crippen LogP contribution in [0.3, 0.4) is 0 Å². The van der Waals surface area contributed by atoms with Crippen LogP contribution in [0.5, 0.6) is 0 Å². The highest BCUT2D eigenvalue weighted by Crippen LogP contribution is 2.20. The van der Waals surface area contributed by atoms with Gasteiger partial charge in [-0.3, -0.25) is 9.69 Å². The van der Waals surface area contributed by atoms with Gasteiger partial charge >= 0.3 is 0 Å². The molecule has 1 aromatic carbocycles. The van der Waals surface area contributed by atoms with Crippen LogP contribution < -0.4 is 11.1 Å². The molecule has 0 radical (unpaired) electrons. The van der Waals surface area contributed by atoms with Gasteiger partial charge in [0, 0.05) is 49.9 Å². The number of carbonyl (C=O) groups excluding carboxylic acids is 1. The average molecular weight is 351 g/mol. The number of rotatable bonds is 3. The highest BCUT2D eigenvalue weighted by molar-refractivity contribution is 5.94. The topological polar surface area (TPSA) is 74.5 Å². The molecule has 0 bridgehead atoms. The molecule has 2 saturated heterocycles. The predicted molar refractivity (Wildman–Crippen MR) is 103 cm³/mol. The van der Waals surface area contributed by atoms with Gasteiger partial charge in [0.05, 0.1) is 5.69 Å². The summed E-state index contributed by atoms with van der Waals surface area (Å²) in [6, 6.07) is 13.9. The molecule has 1 amide bonds. The molecule has 1 aromatic heterocycles. The number of hydrogen-bond donors (Lipinski definition) is 2. The number of nitrogens with two attached hydrogens (primary N) is 1. The average Bonchev–Trinajstić information content (AvgIpc) is 3.23. The number of carbonyl (C=O) groups is 1. The van der Waals surface area contributed by atoms with E-state index in [9.17, 15) is 4.79 Å². The van der Waals surface area contributed by atoms with Gasteiger partial charge in [0.25, 0.3) is 5.91 Å². The number of piperazine rings is 1. The van der Waals surface area contributed by atoms with Gasteiger partial charge in [-0.25, -0.2) is 4.98 Å². The third-order valence-corrected chi connectivity index (χ3v) is 5.35. The lowest BCUT2D eigenvalue weighted by Crippen LogP contribution is -2.52. The number of aromatic nitrogens is 1. The molecule has 2 aliphatic heterocycles. The minimum absolute atomic E-state index is 0.112. The van der Waals surface area contributed by atoms with E-state index in [0.717, 1.165) is 56.1 Å².